The highest BCUT2D eigenvalue weighted by Gasteiger charge is 2.40. The molecule has 0 saturated carbocycles. The monoisotopic (exact) mass is 396 g/mol. The summed E-state index contributed by atoms with van der Waals surface area (Å²) in [6.07, 6.45) is 5.71. The number of Topliss-reactive ketones (excluding diaryl/α,β-unsaturated/α-hetero) is 1. The number of benzene rings is 1. The van der Waals surface area contributed by atoms with Gasteiger partial charge in [-0.05, 0) is 68.9 Å². The van der Waals surface area contributed by atoms with Crippen LogP contribution in [0.3, 0.4) is 0 Å². The van der Waals surface area contributed by atoms with Crippen LogP contribution in [0, 0.1) is 41.4 Å². The fourth-order valence-electron chi connectivity index (χ4n) is 4.80. The number of carbonyl (C=O) groups is 1. The summed E-state index contributed by atoms with van der Waals surface area (Å²) in [6.45, 7) is 2.42. The van der Waals surface area contributed by atoms with E-state index in [0.29, 0.717) is 42.6 Å². The minimum atomic E-state index is 0.138. The van der Waals surface area contributed by atoms with Crippen molar-refractivity contribution >= 4 is 5.78 Å². The zero-order valence-corrected chi connectivity index (χ0v) is 17.2. The molecule has 2 saturated heterocycles. The number of nitriles is 2. The Morgan fingerprint density at radius 1 is 1.07 bits per heavy atom. The fourth-order valence-corrected chi connectivity index (χ4v) is 4.80. The summed E-state index contributed by atoms with van der Waals surface area (Å²) in [5.74, 6) is 6.33. The van der Waals surface area contributed by atoms with Crippen LogP contribution in [0.25, 0.3) is 5.69 Å². The molecule has 2 aliphatic rings. The van der Waals surface area contributed by atoms with Crippen LogP contribution >= 0.6 is 0 Å². The molecule has 0 unspecified atom stereocenters. The van der Waals surface area contributed by atoms with Crippen molar-refractivity contribution in [1.82, 2.24) is 9.47 Å². The van der Waals surface area contributed by atoms with Crippen molar-refractivity contribution in [2.45, 2.75) is 57.5 Å². The number of nitrogens with zero attached hydrogens (tertiary/aromatic N) is 4. The van der Waals surface area contributed by atoms with E-state index in [1.807, 2.05) is 29.7 Å². The molecular formula is C25H24N4O. The van der Waals surface area contributed by atoms with Crippen LogP contribution < -0.4 is 0 Å². The van der Waals surface area contributed by atoms with E-state index in [9.17, 15) is 4.79 Å². The topological polar surface area (TPSA) is 72.8 Å². The molecule has 2 bridgehead atoms. The molecule has 2 aliphatic heterocycles. The third-order valence-electron chi connectivity index (χ3n) is 6.31. The molecule has 2 fully saturated rings. The van der Waals surface area contributed by atoms with E-state index in [0.717, 1.165) is 17.1 Å². The number of hydrogen-bond donors (Lipinski definition) is 0. The molecule has 0 aliphatic carbocycles. The van der Waals surface area contributed by atoms with Crippen LogP contribution in [0.15, 0.2) is 30.3 Å². The normalized spacial score (nSPS) is 19.7. The average molecular weight is 396 g/mol. The Balaban J connectivity index is 1.67. The second-order valence-electron chi connectivity index (χ2n) is 8.04. The van der Waals surface area contributed by atoms with Crippen LogP contribution in [0.1, 0.15) is 65.8 Å². The first-order chi connectivity index (χ1) is 14.6. The summed E-state index contributed by atoms with van der Waals surface area (Å²) in [6, 6.07) is 14.5. The van der Waals surface area contributed by atoms with Crippen LogP contribution in [0.2, 0.25) is 0 Å². The molecule has 0 amide bonds. The number of hydrogen-bond acceptors (Lipinski definition) is 4. The molecule has 30 heavy (non-hydrogen) atoms. The zero-order valence-electron chi connectivity index (χ0n) is 17.2. The van der Waals surface area contributed by atoms with Crippen LogP contribution in [0.4, 0.5) is 0 Å². The van der Waals surface area contributed by atoms with Crippen molar-refractivity contribution in [3.05, 3.63) is 52.8 Å². The van der Waals surface area contributed by atoms with Gasteiger partial charge in [-0.1, -0.05) is 5.92 Å². The van der Waals surface area contributed by atoms with Gasteiger partial charge in [0.1, 0.15) is 0 Å². The van der Waals surface area contributed by atoms with Gasteiger partial charge in [-0.3, -0.25) is 9.69 Å². The summed E-state index contributed by atoms with van der Waals surface area (Å²) in [7, 11) is 0. The van der Waals surface area contributed by atoms with Crippen molar-refractivity contribution in [1.29, 1.82) is 10.5 Å². The summed E-state index contributed by atoms with van der Waals surface area (Å²) in [5, 5.41) is 17.8. The molecule has 1 aromatic carbocycles. The molecule has 3 heterocycles. The van der Waals surface area contributed by atoms with Gasteiger partial charge >= 0.3 is 0 Å². The highest BCUT2D eigenvalue weighted by Crippen LogP contribution is 2.37. The summed E-state index contributed by atoms with van der Waals surface area (Å²) >= 11 is 0. The number of ketones is 1. The maximum atomic E-state index is 13.2. The number of carbonyl (C=O) groups excluding carboxylic acids is 1. The number of rotatable bonds is 5. The predicted molar refractivity (Wildman–Crippen MR) is 114 cm³/mol. The molecule has 4 rings (SSSR count). The second-order valence-corrected chi connectivity index (χ2v) is 8.04. The van der Waals surface area contributed by atoms with Gasteiger partial charge in [-0.15, -0.1) is 0 Å². The van der Waals surface area contributed by atoms with E-state index in [4.69, 9.17) is 10.5 Å². The highest BCUT2D eigenvalue weighted by atomic mass is 16.1. The Labute approximate surface area is 177 Å². The van der Waals surface area contributed by atoms with Gasteiger partial charge in [-0.2, -0.15) is 10.5 Å². The van der Waals surface area contributed by atoms with Gasteiger partial charge < -0.3 is 4.57 Å². The Morgan fingerprint density at radius 2 is 1.73 bits per heavy atom. The third-order valence-corrected chi connectivity index (χ3v) is 6.31. The Bertz CT molecular complexity index is 1080. The standard InChI is InChI=1S/C25H24N4O/c1-18-24(25(30)17-28-20-10-11-21(28)13-12-20)15-23(5-3-2-4-14-26)29(18)22-8-6-19(16-27)7-9-22/h6-9,15,20-21H,2,4,10-13,17H2,1H3. The Morgan fingerprint density at radius 3 is 2.33 bits per heavy atom. The molecule has 5 nitrogen and oxygen atoms in total. The molecule has 1 aromatic heterocycles. The lowest BCUT2D eigenvalue weighted by atomic mass is 10.0. The van der Waals surface area contributed by atoms with Gasteiger partial charge in [0.15, 0.2) is 5.78 Å². The lowest BCUT2D eigenvalue weighted by molar-refractivity contribution is 0.0917. The smallest absolute Gasteiger partial charge is 0.178 e. The molecule has 0 radical (unpaired) electrons. The molecule has 5 heteroatoms. The van der Waals surface area contributed by atoms with E-state index < -0.39 is 0 Å². The average Bonchev–Trinajstić information content (AvgIpc) is 3.43. The molecule has 0 spiro atoms. The first-order valence-electron chi connectivity index (χ1n) is 10.5. The minimum Gasteiger partial charge on any atom is -0.307 e. The SMILES string of the molecule is Cc1c(C(=O)CN2C3CCC2CC3)cc(C#CCCC#N)n1-c1ccc(C#N)cc1. The summed E-state index contributed by atoms with van der Waals surface area (Å²) < 4.78 is 1.98. The zero-order chi connectivity index (χ0) is 21.1. The first-order valence-corrected chi connectivity index (χ1v) is 10.5. The highest BCUT2D eigenvalue weighted by molar-refractivity contribution is 5.99. The van der Waals surface area contributed by atoms with E-state index in [2.05, 4.69) is 28.9 Å². The van der Waals surface area contributed by atoms with Gasteiger partial charge in [0, 0.05) is 41.9 Å². The van der Waals surface area contributed by atoms with Crippen molar-refractivity contribution < 1.29 is 4.79 Å². The van der Waals surface area contributed by atoms with Crippen molar-refractivity contribution in [3.63, 3.8) is 0 Å². The maximum absolute atomic E-state index is 13.2. The molecule has 0 atom stereocenters. The Kier molecular flexibility index (Phi) is 5.71. The predicted octanol–water partition coefficient (Wildman–Crippen LogP) is 4.12. The maximum Gasteiger partial charge on any atom is 0.178 e. The van der Waals surface area contributed by atoms with Gasteiger partial charge in [0.2, 0.25) is 0 Å². The van der Waals surface area contributed by atoms with E-state index in [-0.39, 0.29) is 5.78 Å². The number of fused-ring (bicyclic) bond motifs is 2. The number of aromatic nitrogens is 1. The molecule has 0 N–H and O–H groups in total. The largest absolute Gasteiger partial charge is 0.307 e. The lowest BCUT2D eigenvalue weighted by Crippen LogP contribution is -2.34. The lowest BCUT2D eigenvalue weighted by Gasteiger charge is -2.20. The van der Waals surface area contributed by atoms with Gasteiger partial charge in [-0.25, -0.2) is 0 Å². The van der Waals surface area contributed by atoms with Crippen LogP contribution in [0.5, 0.6) is 0 Å². The summed E-state index contributed by atoms with van der Waals surface area (Å²) in [4.78, 5) is 15.6. The first kappa shape index (κ1) is 20.0. The van der Waals surface area contributed by atoms with Crippen molar-refractivity contribution in [2.75, 3.05) is 6.54 Å². The molecular weight excluding hydrogens is 372 g/mol. The fraction of sp³-hybridized carbons (Fsp3) is 0.400. The van der Waals surface area contributed by atoms with Crippen LogP contribution in [-0.4, -0.2) is 33.9 Å². The quantitative estimate of drug-likeness (QED) is 0.433. The second kappa shape index (κ2) is 8.58. The number of unbranched alkanes of at least 4 members (excludes halogenated alkanes) is 1. The van der Waals surface area contributed by atoms with Gasteiger partial charge in [0.05, 0.1) is 29.9 Å². The third kappa shape index (κ3) is 3.76. The van der Waals surface area contributed by atoms with Gasteiger partial charge in [0.25, 0.3) is 0 Å². The molecule has 2 aromatic rings. The van der Waals surface area contributed by atoms with E-state index >= 15 is 0 Å². The van der Waals surface area contributed by atoms with Crippen LogP contribution in [-0.2, 0) is 0 Å². The minimum absolute atomic E-state index is 0.138. The molecule has 150 valence electrons. The summed E-state index contributed by atoms with van der Waals surface area (Å²) in [5.41, 5.74) is 3.77. The van der Waals surface area contributed by atoms with E-state index in [1.165, 1.54) is 25.7 Å². The Hall–Kier alpha value is -3.33. The van der Waals surface area contributed by atoms with Crippen molar-refractivity contribution in [2.24, 2.45) is 0 Å². The van der Waals surface area contributed by atoms with Crippen molar-refractivity contribution in [3.8, 4) is 29.7 Å². The van der Waals surface area contributed by atoms with E-state index in [1.54, 1.807) is 12.1 Å².